The molecule has 0 unspecified atom stereocenters. The molecule has 0 fully saturated rings. The first-order chi connectivity index (χ1) is 6.57. The summed E-state index contributed by atoms with van der Waals surface area (Å²) < 4.78 is 4.91. The van der Waals surface area contributed by atoms with Crippen LogP contribution in [0.3, 0.4) is 0 Å². The van der Waals surface area contributed by atoms with Gasteiger partial charge < -0.3 is 15.8 Å². The van der Waals surface area contributed by atoms with Crippen LogP contribution < -0.4 is 15.8 Å². The fourth-order valence-electron chi connectivity index (χ4n) is 0.907. The highest BCUT2D eigenvalue weighted by atomic mass is 16.5. The van der Waals surface area contributed by atoms with E-state index in [0.29, 0.717) is 18.4 Å². The second-order valence-electron chi connectivity index (χ2n) is 3.64. The molecule has 1 aromatic rings. The van der Waals surface area contributed by atoms with Crippen LogP contribution in [0.4, 0.5) is 5.82 Å². The SMILES string of the molecule is COc1nccc(NC(C)(C)CN)n1. The summed E-state index contributed by atoms with van der Waals surface area (Å²) in [6.45, 7) is 4.53. The number of anilines is 1. The fraction of sp³-hybridized carbons (Fsp3) is 0.556. The van der Waals surface area contributed by atoms with Gasteiger partial charge in [0.25, 0.3) is 0 Å². The molecule has 0 aliphatic rings. The number of ether oxygens (including phenoxy) is 1. The van der Waals surface area contributed by atoms with Gasteiger partial charge in [-0.1, -0.05) is 0 Å². The molecule has 1 rings (SSSR count). The van der Waals surface area contributed by atoms with Gasteiger partial charge in [-0.05, 0) is 19.9 Å². The van der Waals surface area contributed by atoms with Gasteiger partial charge in [-0.25, -0.2) is 4.98 Å². The van der Waals surface area contributed by atoms with E-state index in [1.165, 1.54) is 7.11 Å². The molecule has 1 heterocycles. The maximum atomic E-state index is 5.59. The van der Waals surface area contributed by atoms with Gasteiger partial charge in [-0.15, -0.1) is 0 Å². The van der Waals surface area contributed by atoms with Gasteiger partial charge in [0, 0.05) is 18.3 Å². The lowest BCUT2D eigenvalue weighted by molar-refractivity contribution is 0.380. The Balaban J connectivity index is 2.76. The molecule has 0 amide bonds. The Morgan fingerprint density at radius 1 is 1.57 bits per heavy atom. The molecule has 0 spiro atoms. The van der Waals surface area contributed by atoms with Crippen molar-refractivity contribution in [1.82, 2.24) is 9.97 Å². The van der Waals surface area contributed by atoms with Crippen LogP contribution in [0.15, 0.2) is 12.3 Å². The Bertz CT molecular complexity index is 301. The maximum Gasteiger partial charge on any atom is 0.318 e. The third-order valence-electron chi connectivity index (χ3n) is 1.79. The normalized spacial score (nSPS) is 11.1. The van der Waals surface area contributed by atoms with Crippen molar-refractivity contribution in [3.05, 3.63) is 12.3 Å². The summed E-state index contributed by atoms with van der Waals surface area (Å²) in [4.78, 5) is 8.03. The molecule has 14 heavy (non-hydrogen) atoms. The van der Waals surface area contributed by atoms with Gasteiger partial charge in [-0.3, -0.25) is 0 Å². The predicted molar refractivity (Wildman–Crippen MR) is 55.3 cm³/mol. The minimum absolute atomic E-state index is 0.181. The molecular weight excluding hydrogens is 180 g/mol. The highest BCUT2D eigenvalue weighted by Gasteiger charge is 2.15. The Hall–Kier alpha value is -1.36. The zero-order valence-corrected chi connectivity index (χ0v) is 8.74. The predicted octanol–water partition coefficient (Wildman–Crippen LogP) is 0.634. The average Bonchev–Trinajstić information content (AvgIpc) is 2.17. The second-order valence-corrected chi connectivity index (χ2v) is 3.64. The molecule has 0 aliphatic carbocycles. The zero-order chi connectivity index (χ0) is 10.6. The fourth-order valence-corrected chi connectivity index (χ4v) is 0.907. The van der Waals surface area contributed by atoms with Crippen LogP contribution >= 0.6 is 0 Å². The lowest BCUT2D eigenvalue weighted by Gasteiger charge is -2.24. The summed E-state index contributed by atoms with van der Waals surface area (Å²) in [6, 6.07) is 2.13. The molecule has 0 saturated carbocycles. The molecule has 1 aromatic heterocycles. The topological polar surface area (TPSA) is 73.1 Å². The van der Waals surface area contributed by atoms with Crippen LogP contribution in [0.2, 0.25) is 0 Å². The van der Waals surface area contributed by atoms with E-state index >= 15 is 0 Å². The number of methoxy groups -OCH3 is 1. The van der Waals surface area contributed by atoms with Crippen LogP contribution in [-0.4, -0.2) is 29.2 Å². The van der Waals surface area contributed by atoms with Gasteiger partial charge in [0.2, 0.25) is 0 Å². The lowest BCUT2D eigenvalue weighted by Crippen LogP contribution is -2.39. The van der Waals surface area contributed by atoms with Crippen LogP contribution in [0.25, 0.3) is 0 Å². The number of nitrogens with zero attached hydrogens (tertiary/aromatic N) is 2. The second kappa shape index (κ2) is 4.23. The third-order valence-corrected chi connectivity index (χ3v) is 1.79. The Labute approximate surface area is 83.7 Å². The van der Waals surface area contributed by atoms with Gasteiger partial charge >= 0.3 is 6.01 Å². The van der Waals surface area contributed by atoms with E-state index in [2.05, 4.69) is 15.3 Å². The third kappa shape index (κ3) is 2.85. The standard InChI is InChI=1S/C9H16N4O/c1-9(2,6-10)13-7-4-5-11-8(12-7)14-3/h4-5H,6,10H2,1-3H3,(H,11,12,13). The maximum absolute atomic E-state index is 5.59. The smallest absolute Gasteiger partial charge is 0.318 e. The van der Waals surface area contributed by atoms with Crippen molar-refractivity contribution in [3.8, 4) is 6.01 Å². The van der Waals surface area contributed by atoms with Gasteiger partial charge in [-0.2, -0.15) is 4.98 Å². The van der Waals surface area contributed by atoms with Crippen molar-refractivity contribution in [3.63, 3.8) is 0 Å². The lowest BCUT2D eigenvalue weighted by atomic mass is 10.1. The van der Waals surface area contributed by atoms with E-state index in [9.17, 15) is 0 Å². The zero-order valence-electron chi connectivity index (χ0n) is 8.74. The van der Waals surface area contributed by atoms with Crippen molar-refractivity contribution < 1.29 is 4.74 Å². The summed E-state index contributed by atoms with van der Waals surface area (Å²) >= 11 is 0. The first-order valence-electron chi connectivity index (χ1n) is 4.43. The molecule has 5 heteroatoms. The number of hydrogen-bond acceptors (Lipinski definition) is 5. The summed E-state index contributed by atoms with van der Waals surface area (Å²) in [7, 11) is 1.53. The molecule has 0 aliphatic heterocycles. The van der Waals surface area contributed by atoms with E-state index in [-0.39, 0.29) is 5.54 Å². The van der Waals surface area contributed by atoms with Crippen molar-refractivity contribution in [2.24, 2.45) is 5.73 Å². The Kier molecular flexibility index (Phi) is 3.24. The van der Waals surface area contributed by atoms with Crippen molar-refractivity contribution >= 4 is 5.82 Å². The minimum Gasteiger partial charge on any atom is -0.467 e. The number of aromatic nitrogens is 2. The quantitative estimate of drug-likeness (QED) is 0.739. The largest absolute Gasteiger partial charge is 0.467 e. The molecule has 0 atom stereocenters. The van der Waals surface area contributed by atoms with Crippen molar-refractivity contribution in [1.29, 1.82) is 0 Å². The number of hydrogen-bond donors (Lipinski definition) is 2. The first-order valence-corrected chi connectivity index (χ1v) is 4.43. The van der Waals surface area contributed by atoms with Gasteiger partial charge in [0.05, 0.1) is 7.11 Å². The van der Waals surface area contributed by atoms with E-state index in [1.807, 2.05) is 13.8 Å². The van der Waals surface area contributed by atoms with Gasteiger partial charge in [0.1, 0.15) is 5.82 Å². The van der Waals surface area contributed by atoms with E-state index in [0.717, 1.165) is 0 Å². The minimum atomic E-state index is -0.181. The summed E-state index contributed by atoms with van der Waals surface area (Å²) in [6.07, 6.45) is 1.64. The molecule has 0 bridgehead atoms. The molecule has 3 N–H and O–H groups in total. The molecule has 78 valence electrons. The van der Waals surface area contributed by atoms with Crippen LogP contribution in [-0.2, 0) is 0 Å². The van der Waals surface area contributed by atoms with Crippen LogP contribution in [0, 0.1) is 0 Å². The monoisotopic (exact) mass is 196 g/mol. The van der Waals surface area contributed by atoms with E-state index < -0.39 is 0 Å². The average molecular weight is 196 g/mol. The van der Waals surface area contributed by atoms with Gasteiger partial charge in [0.15, 0.2) is 0 Å². The highest BCUT2D eigenvalue weighted by molar-refractivity contribution is 5.37. The molecular formula is C9H16N4O. The number of nitrogens with two attached hydrogens (primary N) is 1. The number of rotatable bonds is 4. The van der Waals surface area contributed by atoms with Crippen molar-refractivity contribution in [2.45, 2.75) is 19.4 Å². The molecule has 0 radical (unpaired) electrons. The van der Waals surface area contributed by atoms with E-state index in [4.69, 9.17) is 10.5 Å². The molecule has 5 nitrogen and oxygen atoms in total. The van der Waals surface area contributed by atoms with Crippen molar-refractivity contribution in [2.75, 3.05) is 19.0 Å². The van der Waals surface area contributed by atoms with Crippen LogP contribution in [0.5, 0.6) is 6.01 Å². The Morgan fingerprint density at radius 3 is 2.86 bits per heavy atom. The summed E-state index contributed by atoms with van der Waals surface area (Å²) in [5.41, 5.74) is 5.41. The molecule has 0 aromatic carbocycles. The first kappa shape index (κ1) is 10.7. The Morgan fingerprint density at radius 2 is 2.29 bits per heavy atom. The summed E-state index contributed by atoms with van der Waals surface area (Å²) in [5.74, 6) is 0.715. The van der Waals surface area contributed by atoms with Crippen LogP contribution in [0.1, 0.15) is 13.8 Å². The van der Waals surface area contributed by atoms with E-state index in [1.54, 1.807) is 12.3 Å². The summed E-state index contributed by atoms with van der Waals surface area (Å²) in [5, 5.41) is 3.19. The molecule has 0 saturated heterocycles. The highest BCUT2D eigenvalue weighted by Crippen LogP contribution is 2.12. The number of nitrogens with one attached hydrogen (secondary N) is 1.